The summed E-state index contributed by atoms with van der Waals surface area (Å²) in [7, 11) is 0. The zero-order valence-corrected chi connectivity index (χ0v) is 9.68. The summed E-state index contributed by atoms with van der Waals surface area (Å²) in [5.74, 6) is -0.0179. The number of hydrogen-bond donors (Lipinski definition) is 1. The van der Waals surface area contributed by atoms with Gasteiger partial charge in [0.2, 0.25) is 5.91 Å². The van der Waals surface area contributed by atoms with Gasteiger partial charge in [0.25, 0.3) is 5.91 Å². The van der Waals surface area contributed by atoms with E-state index in [9.17, 15) is 9.59 Å². The summed E-state index contributed by atoms with van der Waals surface area (Å²) >= 11 is 0. The number of nitrogens with one attached hydrogen (secondary N) is 1. The topological polar surface area (TPSA) is 61.8 Å². The van der Waals surface area contributed by atoms with Crippen LogP contribution in [0.3, 0.4) is 0 Å². The Balaban J connectivity index is 2.33. The van der Waals surface area contributed by atoms with Gasteiger partial charge in [0.1, 0.15) is 5.84 Å². The van der Waals surface area contributed by atoms with Crippen LogP contribution >= 0.6 is 0 Å². The Hall–Kier alpha value is -2.17. The molecule has 88 valence electrons. The standard InChI is InChI=1S/C12H13N3O2/c1-8-13-12(17)11(14-9(2)16)15(8)10-6-4-3-5-7-10/h3-7,11H,1-2H3,(H,14,16)/t11-/m0/s1. The van der Waals surface area contributed by atoms with Crippen LogP contribution in [0.1, 0.15) is 13.8 Å². The van der Waals surface area contributed by atoms with Crippen molar-refractivity contribution in [3.63, 3.8) is 0 Å². The lowest BCUT2D eigenvalue weighted by Crippen LogP contribution is -2.49. The van der Waals surface area contributed by atoms with E-state index in [1.165, 1.54) is 6.92 Å². The van der Waals surface area contributed by atoms with Gasteiger partial charge in [-0.2, -0.15) is 4.99 Å². The fourth-order valence-corrected chi connectivity index (χ4v) is 1.82. The molecule has 0 aromatic heterocycles. The van der Waals surface area contributed by atoms with Crippen molar-refractivity contribution in [2.75, 3.05) is 4.90 Å². The van der Waals surface area contributed by atoms with Gasteiger partial charge in [0.05, 0.1) is 0 Å². The van der Waals surface area contributed by atoms with E-state index < -0.39 is 6.17 Å². The number of para-hydroxylation sites is 1. The van der Waals surface area contributed by atoms with Gasteiger partial charge in [-0.1, -0.05) is 18.2 Å². The average molecular weight is 231 g/mol. The van der Waals surface area contributed by atoms with Crippen molar-refractivity contribution in [3.05, 3.63) is 30.3 Å². The summed E-state index contributed by atoms with van der Waals surface area (Å²) in [6.07, 6.45) is -0.727. The second-order valence-corrected chi connectivity index (χ2v) is 3.81. The molecule has 0 saturated carbocycles. The highest BCUT2D eigenvalue weighted by Crippen LogP contribution is 2.21. The van der Waals surface area contributed by atoms with Crippen molar-refractivity contribution >= 4 is 23.3 Å². The predicted octanol–water partition coefficient (Wildman–Crippen LogP) is 0.914. The van der Waals surface area contributed by atoms with E-state index in [2.05, 4.69) is 10.3 Å². The molecule has 5 heteroatoms. The fourth-order valence-electron chi connectivity index (χ4n) is 1.82. The molecular formula is C12H13N3O2. The maximum Gasteiger partial charge on any atom is 0.291 e. The molecule has 0 saturated heterocycles. The number of amidine groups is 1. The van der Waals surface area contributed by atoms with Gasteiger partial charge < -0.3 is 10.2 Å². The molecule has 0 aliphatic carbocycles. The van der Waals surface area contributed by atoms with Crippen LogP contribution in [0.5, 0.6) is 0 Å². The zero-order valence-electron chi connectivity index (χ0n) is 9.68. The molecule has 0 bridgehead atoms. The van der Waals surface area contributed by atoms with Crippen LogP contribution in [0, 0.1) is 0 Å². The number of anilines is 1. The average Bonchev–Trinajstić information content (AvgIpc) is 2.54. The number of carbonyl (C=O) groups is 2. The fraction of sp³-hybridized carbons (Fsp3) is 0.250. The Morgan fingerprint density at radius 1 is 1.35 bits per heavy atom. The van der Waals surface area contributed by atoms with Crippen molar-refractivity contribution in [2.24, 2.45) is 4.99 Å². The third-order valence-corrected chi connectivity index (χ3v) is 2.49. The number of aliphatic imine (C=N–C) groups is 1. The Morgan fingerprint density at radius 3 is 2.59 bits per heavy atom. The van der Waals surface area contributed by atoms with Gasteiger partial charge in [-0.3, -0.25) is 9.59 Å². The van der Waals surface area contributed by atoms with Crippen LogP contribution in [0.2, 0.25) is 0 Å². The Morgan fingerprint density at radius 2 is 2.00 bits per heavy atom. The minimum absolute atomic E-state index is 0.255. The molecule has 17 heavy (non-hydrogen) atoms. The number of rotatable bonds is 2. The predicted molar refractivity (Wildman–Crippen MR) is 64.6 cm³/mol. The summed E-state index contributed by atoms with van der Waals surface area (Å²) in [6, 6.07) is 9.37. The molecule has 5 nitrogen and oxygen atoms in total. The molecule has 0 spiro atoms. The number of amides is 2. The third-order valence-electron chi connectivity index (χ3n) is 2.49. The van der Waals surface area contributed by atoms with E-state index in [0.717, 1.165) is 5.69 Å². The Kier molecular flexibility index (Phi) is 2.91. The van der Waals surface area contributed by atoms with Crippen LogP contribution in [-0.2, 0) is 9.59 Å². The lowest BCUT2D eigenvalue weighted by atomic mass is 10.2. The minimum atomic E-state index is -0.727. The van der Waals surface area contributed by atoms with E-state index in [0.29, 0.717) is 5.84 Å². The van der Waals surface area contributed by atoms with Crippen molar-refractivity contribution in [1.82, 2.24) is 5.32 Å². The number of carbonyl (C=O) groups excluding carboxylic acids is 2. The molecule has 1 aromatic carbocycles. The van der Waals surface area contributed by atoms with Gasteiger partial charge in [-0.15, -0.1) is 0 Å². The summed E-state index contributed by atoms with van der Waals surface area (Å²) in [6.45, 7) is 3.12. The molecule has 2 rings (SSSR count). The van der Waals surface area contributed by atoms with Crippen molar-refractivity contribution in [1.29, 1.82) is 0 Å². The van der Waals surface area contributed by atoms with Crippen LogP contribution in [0.4, 0.5) is 5.69 Å². The summed E-state index contributed by atoms with van der Waals surface area (Å²) in [5, 5.41) is 2.59. The van der Waals surface area contributed by atoms with Gasteiger partial charge in [-0.25, -0.2) is 0 Å². The minimum Gasteiger partial charge on any atom is -0.328 e. The Bertz CT molecular complexity index is 482. The second kappa shape index (κ2) is 4.37. The summed E-state index contributed by atoms with van der Waals surface area (Å²) in [4.78, 5) is 28.3. The molecule has 0 unspecified atom stereocenters. The highest BCUT2D eigenvalue weighted by molar-refractivity contribution is 6.14. The largest absolute Gasteiger partial charge is 0.328 e. The van der Waals surface area contributed by atoms with Gasteiger partial charge in [0.15, 0.2) is 6.17 Å². The van der Waals surface area contributed by atoms with Crippen LogP contribution in [0.25, 0.3) is 0 Å². The van der Waals surface area contributed by atoms with Crippen molar-refractivity contribution < 1.29 is 9.59 Å². The van der Waals surface area contributed by atoms with E-state index in [1.807, 2.05) is 30.3 Å². The smallest absolute Gasteiger partial charge is 0.291 e. The van der Waals surface area contributed by atoms with Gasteiger partial charge >= 0.3 is 0 Å². The lowest BCUT2D eigenvalue weighted by Gasteiger charge is -2.25. The molecule has 0 radical (unpaired) electrons. The first-order valence-corrected chi connectivity index (χ1v) is 5.30. The third kappa shape index (κ3) is 2.18. The molecule has 2 amide bonds. The molecule has 1 aliphatic heterocycles. The highest BCUT2D eigenvalue weighted by Gasteiger charge is 2.34. The SMILES string of the molecule is CC(=O)N[C@@H]1C(=O)N=C(C)N1c1ccccc1. The van der Waals surface area contributed by atoms with Crippen molar-refractivity contribution in [3.8, 4) is 0 Å². The van der Waals surface area contributed by atoms with Crippen LogP contribution in [0.15, 0.2) is 35.3 Å². The molecule has 1 aromatic rings. The molecule has 1 N–H and O–H groups in total. The maximum atomic E-state index is 11.7. The summed E-state index contributed by atoms with van der Waals surface area (Å²) in [5.41, 5.74) is 0.832. The second-order valence-electron chi connectivity index (χ2n) is 3.81. The number of benzene rings is 1. The Labute approximate surface area is 99.1 Å². The monoisotopic (exact) mass is 231 g/mol. The normalized spacial score (nSPS) is 19.2. The first kappa shape index (κ1) is 11.3. The van der Waals surface area contributed by atoms with Crippen LogP contribution < -0.4 is 10.2 Å². The number of hydrogen-bond acceptors (Lipinski definition) is 3. The molecule has 1 atom stereocenters. The highest BCUT2D eigenvalue weighted by atomic mass is 16.2. The van der Waals surface area contributed by atoms with E-state index in [1.54, 1.807) is 11.8 Å². The molecule has 1 aliphatic rings. The van der Waals surface area contributed by atoms with E-state index in [-0.39, 0.29) is 11.8 Å². The first-order valence-electron chi connectivity index (χ1n) is 5.30. The van der Waals surface area contributed by atoms with E-state index >= 15 is 0 Å². The molecule has 1 heterocycles. The van der Waals surface area contributed by atoms with Gasteiger partial charge in [-0.05, 0) is 19.1 Å². The number of nitrogens with zero attached hydrogens (tertiary/aromatic N) is 2. The van der Waals surface area contributed by atoms with Gasteiger partial charge in [0, 0.05) is 12.6 Å². The van der Waals surface area contributed by atoms with Crippen LogP contribution in [-0.4, -0.2) is 23.8 Å². The maximum absolute atomic E-state index is 11.7. The molecule has 0 fully saturated rings. The lowest BCUT2D eigenvalue weighted by molar-refractivity contribution is -0.125. The van der Waals surface area contributed by atoms with Crippen molar-refractivity contribution in [2.45, 2.75) is 20.0 Å². The molecular weight excluding hydrogens is 218 g/mol. The quantitative estimate of drug-likeness (QED) is 0.823. The summed E-state index contributed by atoms with van der Waals surface area (Å²) < 4.78 is 0. The van der Waals surface area contributed by atoms with E-state index in [4.69, 9.17) is 0 Å². The zero-order chi connectivity index (χ0) is 12.4. The first-order chi connectivity index (χ1) is 8.09.